The van der Waals surface area contributed by atoms with Crippen LogP contribution in [0, 0.1) is 0 Å². The number of aryl methyl sites for hydroxylation is 1. The van der Waals surface area contributed by atoms with Crippen LogP contribution >= 0.6 is 0 Å². The molecule has 3 N–H and O–H groups in total. The lowest BCUT2D eigenvalue weighted by atomic mass is 10.1. The fourth-order valence-electron chi connectivity index (χ4n) is 1.98. The fraction of sp³-hybridized carbons (Fsp3) is 0.727. The summed E-state index contributed by atoms with van der Waals surface area (Å²) in [5, 5.41) is 6.77. The van der Waals surface area contributed by atoms with Crippen LogP contribution in [0.3, 0.4) is 0 Å². The van der Waals surface area contributed by atoms with Gasteiger partial charge >= 0.3 is 0 Å². The maximum Gasteiger partial charge on any atom is 0.293 e. The molecular weight excluding hydrogens is 218 g/mol. The van der Waals surface area contributed by atoms with Gasteiger partial charge in [-0.05, 0) is 19.3 Å². The minimum atomic E-state index is -0.0875. The lowest BCUT2D eigenvalue weighted by Crippen LogP contribution is -2.43. The summed E-state index contributed by atoms with van der Waals surface area (Å²) in [6, 6.07) is 0.224. The first-order valence-electron chi connectivity index (χ1n) is 6.17. The van der Waals surface area contributed by atoms with Crippen molar-refractivity contribution in [2.24, 2.45) is 5.73 Å². The Kier molecular flexibility index (Phi) is 3.73. The van der Waals surface area contributed by atoms with Crippen LogP contribution in [0.1, 0.15) is 42.6 Å². The zero-order valence-electron chi connectivity index (χ0n) is 10.1. The number of piperidine rings is 1. The van der Waals surface area contributed by atoms with Crippen molar-refractivity contribution in [3.8, 4) is 0 Å². The van der Waals surface area contributed by atoms with E-state index < -0.39 is 0 Å². The molecular formula is C11H19N5O. The van der Waals surface area contributed by atoms with Crippen molar-refractivity contribution in [3.05, 3.63) is 11.6 Å². The molecule has 0 saturated carbocycles. The van der Waals surface area contributed by atoms with Gasteiger partial charge in [-0.1, -0.05) is 6.92 Å². The molecule has 1 amide bonds. The average Bonchev–Trinajstić information content (AvgIpc) is 2.78. The van der Waals surface area contributed by atoms with Gasteiger partial charge in [0.15, 0.2) is 0 Å². The number of amides is 1. The van der Waals surface area contributed by atoms with Gasteiger partial charge in [0.05, 0.1) is 0 Å². The zero-order chi connectivity index (χ0) is 12.3. The highest BCUT2D eigenvalue weighted by molar-refractivity contribution is 5.90. The summed E-state index contributed by atoms with van der Waals surface area (Å²) >= 11 is 0. The van der Waals surface area contributed by atoms with Crippen molar-refractivity contribution in [1.29, 1.82) is 0 Å². The molecule has 2 rings (SSSR count). The number of likely N-dealkylation sites (tertiary alicyclic amines) is 1. The second kappa shape index (κ2) is 5.27. The number of hydrogen-bond acceptors (Lipinski definition) is 4. The minimum absolute atomic E-state index is 0.0875. The summed E-state index contributed by atoms with van der Waals surface area (Å²) in [6.07, 6.45) is 3.53. The monoisotopic (exact) mass is 237 g/mol. The number of carbonyl (C=O) groups is 1. The molecule has 1 aliphatic rings. The van der Waals surface area contributed by atoms with E-state index in [0.717, 1.165) is 31.5 Å². The summed E-state index contributed by atoms with van der Waals surface area (Å²) in [6.45, 7) is 3.48. The quantitative estimate of drug-likeness (QED) is 0.792. The summed E-state index contributed by atoms with van der Waals surface area (Å²) in [5.41, 5.74) is 5.80. The smallest absolute Gasteiger partial charge is 0.293 e. The van der Waals surface area contributed by atoms with Crippen LogP contribution in [0.2, 0.25) is 0 Å². The highest BCUT2D eigenvalue weighted by Crippen LogP contribution is 2.10. The van der Waals surface area contributed by atoms with Crippen LogP contribution in [0.4, 0.5) is 0 Å². The summed E-state index contributed by atoms with van der Waals surface area (Å²) in [5.74, 6) is 0.976. The number of aromatic nitrogens is 3. The van der Waals surface area contributed by atoms with Crippen LogP contribution in [0.5, 0.6) is 0 Å². The van der Waals surface area contributed by atoms with Gasteiger partial charge in [0.2, 0.25) is 5.82 Å². The number of H-pyrrole nitrogens is 1. The predicted octanol–water partition coefficient (Wildman–Crippen LogP) is 0.321. The first-order chi connectivity index (χ1) is 8.20. The van der Waals surface area contributed by atoms with Gasteiger partial charge in [-0.15, -0.1) is 5.10 Å². The molecule has 1 aromatic rings. The van der Waals surface area contributed by atoms with Gasteiger partial charge in [-0.25, -0.2) is 4.98 Å². The third-order valence-electron chi connectivity index (χ3n) is 3.04. The lowest BCUT2D eigenvalue weighted by Gasteiger charge is -2.29. The van der Waals surface area contributed by atoms with Crippen molar-refractivity contribution in [1.82, 2.24) is 20.1 Å². The molecule has 94 valence electrons. The van der Waals surface area contributed by atoms with Crippen molar-refractivity contribution in [3.63, 3.8) is 0 Å². The Morgan fingerprint density at radius 1 is 1.53 bits per heavy atom. The van der Waals surface area contributed by atoms with Gasteiger partial charge in [0.1, 0.15) is 5.82 Å². The maximum atomic E-state index is 12.1. The summed E-state index contributed by atoms with van der Waals surface area (Å²) in [7, 11) is 0. The molecule has 0 spiro atoms. The molecule has 1 saturated heterocycles. The highest BCUT2D eigenvalue weighted by atomic mass is 16.2. The zero-order valence-corrected chi connectivity index (χ0v) is 10.1. The molecule has 0 aromatic carbocycles. The topological polar surface area (TPSA) is 87.9 Å². The first-order valence-corrected chi connectivity index (χ1v) is 6.17. The Labute approximate surface area is 101 Å². The molecule has 0 aliphatic carbocycles. The fourth-order valence-corrected chi connectivity index (χ4v) is 1.98. The molecule has 17 heavy (non-hydrogen) atoms. The van der Waals surface area contributed by atoms with Gasteiger partial charge in [0, 0.05) is 25.6 Å². The standard InChI is InChI=1S/C11H19N5O/c1-2-3-9-13-10(15-14-9)11(17)16-6-4-8(12)5-7-16/h8H,2-7,12H2,1H3,(H,13,14,15). The number of carbonyl (C=O) groups excluding carboxylic acids is 1. The highest BCUT2D eigenvalue weighted by Gasteiger charge is 2.24. The molecule has 0 bridgehead atoms. The van der Waals surface area contributed by atoms with Crippen LogP contribution < -0.4 is 5.73 Å². The predicted molar refractivity (Wildman–Crippen MR) is 63.5 cm³/mol. The molecule has 6 heteroatoms. The number of nitrogens with two attached hydrogens (primary N) is 1. The van der Waals surface area contributed by atoms with Gasteiger partial charge in [0.25, 0.3) is 5.91 Å². The van der Waals surface area contributed by atoms with E-state index in [1.54, 1.807) is 4.90 Å². The molecule has 1 aliphatic heterocycles. The third-order valence-corrected chi connectivity index (χ3v) is 3.04. The summed E-state index contributed by atoms with van der Waals surface area (Å²) in [4.78, 5) is 18.0. The van der Waals surface area contributed by atoms with Crippen LogP contribution in [-0.2, 0) is 6.42 Å². The second-order valence-electron chi connectivity index (χ2n) is 4.49. The van der Waals surface area contributed by atoms with E-state index in [1.807, 2.05) is 0 Å². The molecule has 2 heterocycles. The Balaban J connectivity index is 1.98. The Morgan fingerprint density at radius 3 is 2.88 bits per heavy atom. The SMILES string of the molecule is CCCc1nc(C(=O)N2CCC(N)CC2)n[nH]1. The maximum absolute atomic E-state index is 12.1. The van der Waals surface area contributed by atoms with Gasteiger partial charge < -0.3 is 10.6 Å². The lowest BCUT2D eigenvalue weighted by molar-refractivity contribution is 0.0702. The second-order valence-corrected chi connectivity index (χ2v) is 4.49. The number of nitrogens with zero attached hydrogens (tertiary/aromatic N) is 3. The Hall–Kier alpha value is -1.43. The van der Waals surface area contributed by atoms with Gasteiger partial charge in [-0.2, -0.15) is 0 Å². The van der Waals surface area contributed by atoms with Gasteiger partial charge in [-0.3, -0.25) is 9.89 Å². The number of aromatic amines is 1. The molecule has 1 aromatic heterocycles. The van der Waals surface area contributed by atoms with Crippen LogP contribution in [0.25, 0.3) is 0 Å². The molecule has 6 nitrogen and oxygen atoms in total. The molecule has 1 fully saturated rings. The van der Waals surface area contributed by atoms with Crippen molar-refractivity contribution in [2.75, 3.05) is 13.1 Å². The largest absolute Gasteiger partial charge is 0.336 e. The Morgan fingerprint density at radius 2 is 2.24 bits per heavy atom. The van der Waals surface area contributed by atoms with E-state index in [4.69, 9.17) is 5.73 Å². The van der Waals surface area contributed by atoms with E-state index >= 15 is 0 Å². The third kappa shape index (κ3) is 2.82. The van der Waals surface area contributed by atoms with E-state index in [-0.39, 0.29) is 17.8 Å². The number of rotatable bonds is 3. The average molecular weight is 237 g/mol. The Bertz CT molecular complexity index is 381. The van der Waals surface area contributed by atoms with Crippen molar-refractivity contribution >= 4 is 5.91 Å². The normalized spacial score (nSPS) is 17.4. The number of hydrogen-bond donors (Lipinski definition) is 2. The van der Waals surface area contributed by atoms with Crippen molar-refractivity contribution in [2.45, 2.75) is 38.6 Å². The summed E-state index contributed by atoms with van der Waals surface area (Å²) < 4.78 is 0. The van der Waals surface area contributed by atoms with E-state index in [9.17, 15) is 4.79 Å². The number of nitrogens with one attached hydrogen (secondary N) is 1. The molecule has 0 unspecified atom stereocenters. The van der Waals surface area contributed by atoms with Crippen molar-refractivity contribution < 1.29 is 4.79 Å². The van der Waals surface area contributed by atoms with Crippen LogP contribution in [0.15, 0.2) is 0 Å². The van der Waals surface area contributed by atoms with E-state index in [2.05, 4.69) is 22.1 Å². The van der Waals surface area contributed by atoms with E-state index in [0.29, 0.717) is 13.1 Å². The van der Waals surface area contributed by atoms with Crippen LogP contribution in [-0.4, -0.2) is 45.1 Å². The molecule has 0 radical (unpaired) electrons. The minimum Gasteiger partial charge on any atom is -0.336 e. The molecule has 0 atom stereocenters. The van der Waals surface area contributed by atoms with E-state index in [1.165, 1.54) is 0 Å². The first kappa shape index (κ1) is 12.0.